The van der Waals surface area contributed by atoms with Gasteiger partial charge in [-0.05, 0) is 47.7 Å². The van der Waals surface area contributed by atoms with Crippen molar-refractivity contribution in [2.45, 2.75) is 12.8 Å². The van der Waals surface area contributed by atoms with Crippen LogP contribution in [0, 0.1) is 11.3 Å². The Morgan fingerprint density at radius 1 is 1.07 bits per heavy atom. The van der Waals surface area contributed by atoms with E-state index in [0.717, 1.165) is 23.3 Å². The van der Waals surface area contributed by atoms with Crippen molar-refractivity contribution in [1.29, 1.82) is 5.26 Å². The van der Waals surface area contributed by atoms with E-state index in [1.807, 2.05) is 24.3 Å². The average Bonchev–Trinajstić information content (AvgIpc) is 3.17. The average molecular weight is 388 g/mol. The van der Waals surface area contributed by atoms with Crippen molar-refractivity contribution in [3.05, 3.63) is 76.2 Å². The second-order valence-corrected chi connectivity index (χ2v) is 7.46. The molecule has 3 aromatic rings. The minimum Gasteiger partial charge on any atom is -0.451 e. The Balaban J connectivity index is 1.42. The van der Waals surface area contributed by atoms with Crippen molar-refractivity contribution in [1.82, 2.24) is 0 Å². The third kappa shape index (κ3) is 3.53. The fourth-order valence-corrected chi connectivity index (χ4v) is 4.41. The highest BCUT2D eigenvalue weighted by molar-refractivity contribution is 7.17. The summed E-state index contributed by atoms with van der Waals surface area (Å²) in [6.45, 7) is -0.405. The molecule has 0 aliphatic heterocycles. The van der Waals surface area contributed by atoms with E-state index in [1.54, 1.807) is 24.3 Å². The maximum absolute atomic E-state index is 12.4. The minimum atomic E-state index is -0.513. The third-order valence-corrected chi connectivity index (χ3v) is 5.78. The second-order valence-electron chi connectivity index (χ2n) is 6.40. The lowest BCUT2D eigenvalue weighted by Crippen LogP contribution is -2.21. The number of esters is 1. The molecule has 1 heterocycles. The SMILES string of the molecule is N#Cc1ccccc1NC(=O)COC(=O)c1cc2c(s1)-c1ccccc1CC2. The Bertz CT molecular complexity index is 1110. The van der Waals surface area contributed by atoms with E-state index in [1.165, 1.54) is 22.5 Å². The van der Waals surface area contributed by atoms with Crippen molar-refractivity contribution >= 4 is 28.9 Å². The van der Waals surface area contributed by atoms with Gasteiger partial charge in [-0.15, -0.1) is 11.3 Å². The molecule has 28 heavy (non-hydrogen) atoms. The molecule has 1 amide bonds. The van der Waals surface area contributed by atoms with Crippen LogP contribution in [0.15, 0.2) is 54.6 Å². The van der Waals surface area contributed by atoms with Crippen LogP contribution in [0.1, 0.15) is 26.4 Å². The van der Waals surface area contributed by atoms with Crippen LogP contribution < -0.4 is 5.32 Å². The summed E-state index contributed by atoms with van der Waals surface area (Å²) < 4.78 is 5.18. The number of para-hydroxylation sites is 1. The number of amides is 1. The maximum atomic E-state index is 12.4. The van der Waals surface area contributed by atoms with Crippen molar-refractivity contribution in [3.63, 3.8) is 0 Å². The topological polar surface area (TPSA) is 79.2 Å². The van der Waals surface area contributed by atoms with Gasteiger partial charge >= 0.3 is 5.97 Å². The van der Waals surface area contributed by atoms with Gasteiger partial charge in [0.1, 0.15) is 10.9 Å². The zero-order chi connectivity index (χ0) is 19.5. The van der Waals surface area contributed by atoms with Crippen LogP contribution in [-0.2, 0) is 22.4 Å². The molecule has 0 atom stereocenters. The molecule has 2 aromatic carbocycles. The van der Waals surface area contributed by atoms with Gasteiger partial charge in [-0.3, -0.25) is 4.79 Å². The van der Waals surface area contributed by atoms with Gasteiger partial charge < -0.3 is 10.1 Å². The predicted molar refractivity (Wildman–Crippen MR) is 107 cm³/mol. The highest BCUT2D eigenvalue weighted by Gasteiger charge is 2.22. The first-order chi connectivity index (χ1) is 13.7. The summed E-state index contributed by atoms with van der Waals surface area (Å²) in [5, 5.41) is 11.7. The Hall–Kier alpha value is -3.43. The minimum absolute atomic E-state index is 0.353. The molecule has 1 aliphatic rings. The highest BCUT2D eigenvalue weighted by atomic mass is 32.1. The molecule has 0 fully saturated rings. The first-order valence-corrected chi connectivity index (χ1v) is 9.64. The molecule has 5 nitrogen and oxygen atoms in total. The maximum Gasteiger partial charge on any atom is 0.348 e. The Kier molecular flexibility index (Phi) is 4.92. The summed E-state index contributed by atoms with van der Waals surface area (Å²) in [7, 11) is 0. The van der Waals surface area contributed by atoms with E-state index in [4.69, 9.17) is 10.00 Å². The van der Waals surface area contributed by atoms with Gasteiger partial charge in [0.2, 0.25) is 0 Å². The first kappa shape index (κ1) is 18.0. The molecule has 0 bridgehead atoms. The van der Waals surface area contributed by atoms with E-state index >= 15 is 0 Å². The van der Waals surface area contributed by atoms with Gasteiger partial charge in [0, 0.05) is 4.88 Å². The van der Waals surface area contributed by atoms with E-state index in [-0.39, 0.29) is 0 Å². The number of fused-ring (bicyclic) bond motifs is 3. The normalized spacial score (nSPS) is 11.7. The number of carbonyl (C=O) groups excluding carboxylic acids is 2. The van der Waals surface area contributed by atoms with E-state index in [2.05, 4.69) is 17.4 Å². The summed E-state index contributed by atoms with van der Waals surface area (Å²) in [6.07, 6.45) is 1.84. The fourth-order valence-electron chi connectivity index (χ4n) is 3.25. The van der Waals surface area contributed by atoms with Gasteiger partial charge in [0.05, 0.1) is 11.3 Å². The Labute approximate surface area is 166 Å². The number of carbonyl (C=O) groups is 2. The lowest BCUT2D eigenvalue weighted by molar-refractivity contribution is -0.119. The van der Waals surface area contributed by atoms with Crippen LogP contribution in [0.5, 0.6) is 0 Å². The molecule has 6 heteroatoms. The molecule has 0 radical (unpaired) electrons. The smallest absolute Gasteiger partial charge is 0.348 e. The van der Waals surface area contributed by atoms with Gasteiger partial charge in [0.15, 0.2) is 6.61 Å². The summed E-state index contributed by atoms with van der Waals surface area (Å²) >= 11 is 1.40. The molecule has 138 valence electrons. The number of anilines is 1. The summed E-state index contributed by atoms with van der Waals surface area (Å²) in [5.41, 5.74) is 4.34. The molecule has 0 unspecified atom stereocenters. The molecule has 4 rings (SSSR count). The summed E-state index contributed by atoms with van der Waals surface area (Å²) in [4.78, 5) is 26.1. The quantitative estimate of drug-likeness (QED) is 0.680. The van der Waals surface area contributed by atoms with Crippen LogP contribution in [0.25, 0.3) is 10.4 Å². The lowest BCUT2D eigenvalue weighted by atomic mass is 9.91. The van der Waals surface area contributed by atoms with Crippen molar-refractivity contribution in [3.8, 4) is 16.5 Å². The molecule has 0 saturated carbocycles. The number of benzene rings is 2. The number of nitriles is 1. The molecule has 1 N–H and O–H groups in total. The van der Waals surface area contributed by atoms with Gasteiger partial charge in [-0.2, -0.15) is 5.26 Å². The van der Waals surface area contributed by atoms with E-state index in [9.17, 15) is 9.59 Å². The van der Waals surface area contributed by atoms with Crippen LogP contribution in [-0.4, -0.2) is 18.5 Å². The van der Waals surface area contributed by atoms with Crippen LogP contribution in [0.2, 0.25) is 0 Å². The predicted octanol–water partition coefficient (Wildman–Crippen LogP) is 4.18. The van der Waals surface area contributed by atoms with Crippen molar-refractivity contribution in [2.75, 3.05) is 11.9 Å². The Morgan fingerprint density at radius 2 is 1.82 bits per heavy atom. The van der Waals surface area contributed by atoms with Gasteiger partial charge in [-0.25, -0.2) is 4.79 Å². The lowest BCUT2D eigenvalue weighted by Gasteiger charge is -2.15. The number of rotatable bonds is 4. The Morgan fingerprint density at radius 3 is 2.68 bits per heavy atom. The number of aryl methyl sites for hydroxylation is 2. The second kappa shape index (κ2) is 7.67. The first-order valence-electron chi connectivity index (χ1n) is 8.83. The zero-order valence-corrected chi connectivity index (χ0v) is 15.7. The molecule has 0 saturated heterocycles. The number of nitrogens with zero attached hydrogens (tertiary/aromatic N) is 1. The number of hydrogen-bond donors (Lipinski definition) is 1. The van der Waals surface area contributed by atoms with Gasteiger partial charge in [-0.1, -0.05) is 36.4 Å². The number of nitrogens with one attached hydrogen (secondary N) is 1. The van der Waals surface area contributed by atoms with Crippen molar-refractivity contribution < 1.29 is 14.3 Å². The number of ether oxygens (including phenoxy) is 1. The number of hydrogen-bond acceptors (Lipinski definition) is 5. The largest absolute Gasteiger partial charge is 0.451 e. The summed E-state index contributed by atoms with van der Waals surface area (Å²) in [6, 6.07) is 18.7. The van der Waals surface area contributed by atoms with Gasteiger partial charge in [0.25, 0.3) is 5.91 Å². The van der Waals surface area contributed by atoms with Crippen molar-refractivity contribution in [2.24, 2.45) is 0 Å². The van der Waals surface area contributed by atoms with Crippen LogP contribution in [0.3, 0.4) is 0 Å². The fraction of sp³-hybridized carbons (Fsp3) is 0.136. The molecular formula is C22H16N2O3S. The third-order valence-electron chi connectivity index (χ3n) is 4.59. The number of thiophene rings is 1. The van der Waals surface area contributed by atoms with Crippen LogP contribution >= 0.6 is 11.3 Å². The molecule has 0 spiro atoms. The highest BCUT2D eigenvalue weighted by Crippen LogP contribution is 2.39. The molecule has 1 aromatic heterocycles. The molecular weight excluding hydrogens is 372 g/mol. The van der Waals surface area contributed by atoms with E-state index < -0.39 is 18.5 Å². The standard InChI is InChI=1S/C22H16N2O3S/c23-12-16-6-2-4-8-18(16)24-20(25)13-27-22(26)19-11-15-10-9-14-5-1-3-7-17(14)21(15)28-19/h1-8,11H,9-10,13H2,(H,24,25). The van der Waals surface area contributed by atoms with E-state index in [0.29, 0.717) is 16.1 Å². The molecule has 1 aliphatic carbocycles. The zero-order valence-electron chi connectivity index (χ0n) is 14.9. The summed E-state index contributed by atoms with van der Waals surface area (Å²) in [5.74, 6) is -0.997. The monoisotopic (exact) mass is 388 g/mol. The van der Waals surface area contributed by atoms with Crippen LogP contribution in [0.4, 0.5) is 5.69 Å².